The Morgan fingerprint density at radius 2 is 1.79 bits per heavy atom. The van der Waals surface area contributed by atoms with Crippen molar-refractivity contribution < 1.29 is 9.53 Å². The van der Waals surface area contributed by atoms with Crippen molar-refractivity contribution in [1.29, 1.82) is 0 Å². The fraction of sp³-hybridized carbons (Fsp3) is 0.400. The number of para-hydroxylation sites is 1. The summed E-state index contributed by atoms with van der Waals surface area (Å²) >= 11 is 1.30. The van der Waals surface area contributed by atoms with Gasteiger partial charge in [0.2, 0.25) is 5.91 Å². The minimum atomic E-state index is -0.0844. The zero-order valence-corrected chi connectivity index (χ0v) is 19.9. The molecule has 1 aliphatic rings. The molecule has 0 atom stereocenters. The van der Waals surface area contributed by atoms with Crippen LogP contribution in [0.5, 0.6) is 0 Å². The second-order valence-electron chi connectivity index (χ2n) is 8.40. The number of carbonyl (C=O) groups excluding carboxylic acids is 1. The number of fused-ring (bicyclic) bond motifs is 1. The Morgan fingerprint density at radius 1 is 1.09 bits per heavy atom. The van der Waals surface area contributed by atoms with Gasteiger partial charge in [0.25, 0.3) is 5.56 Å². The largest absolute Gasteiger partial charge is 0.379 e. The third-order valence-electron chi connectivity index (χ3n) is 5.72. The third kappa shape index (κ3) is 5.82. The van der Waals surface area contributed by atoms with Crippen molar-refractivity contribution in [3.05, 3.63) is 70.0 Å². The van der Waals surface area contributed by atoms with Crippen molar-refractivity contribution >= 4 is 28.6 Å². The Bertz CT molecular complexity index is 1170. The summed E-state index contributed by atoms with van der Waals surface area (Å²) < 4.78 is 7.10. The van der Waals surface area contributed by atoms with Crippen LogP contribution in [0.2, 0.25) is 0 Å². The lowest BCUT2D eigenvalue weighted by Crippen LogP contribution is -2.36. The van der Waals surface area contributed by atoms with E-state index in [9.17, 15) is 9.59 Å². The standard InChI is InChI=1S/C25H30N4O3S/c1-18(2)29-24(31)21-9-5-6-10-22(21)27-25(29)33-17-23(30)26-15-19-7-3-4-8-20(19)16-28-11-13-32-14-12-28/h3-10,18H,11-17H2,1-2H3,(H,26,30). The molecule has 174 valence electrons. The summed E-state index contributed by atoms with van der Waals surface area (Å²) in [6, 6.07) is 15.5. The molecule has 0 radical (unpaired) electrons. The predicted octanol–water partition coefficient (Wildman–Crippen LogP) is 3.22. The van der Waals surface area contributed by atoms with E-state index in [0.29, 0.717) is 22.6 Å². The summed E-state index contributed by atoms with van der Waals surface area (Å²) in [5, 5.41) is 4.19. The van der Waals surface area contributed by atoms with Crippen molar-refractivity contribution in [2.45, 2.75) is 38.1 Å². The first kappa shape index (κ1) is 23.5. The number of hydrogen-bond acceptors (Lipinski definition) is 6. The zero-order chi connectivity index (χ0) is 23.2. The number of carbonyl (C=O) groups is 1. The average Bonchev–Trinajstić information content (AvgIpc) is 2.82. The van der Waals surface area contributed by atoms with Crippen LogP contribution in [-0.2, 0) is 22.6 Å². The van der Waals surface area contributed by atoms with Gasteiger partial charge in [-0.05, 0) is 37.1 Å². The van der Waals surface area contributed by atoms with Crippen LogP contribution in [0, 0.1) is 0 Å². The first-order valence-electron chi connectivity index (χ1n) is 11.3. The van der Waals surface area contributed by atoms with Gasteiger partial charge in [0, 0.05) is 32.2 Å². The number of thioether (sulfide) groups is 1. The lowest BCUT2D eigenvalue weighted by Gasteiger charge is -2.27. The van der Waals surface area contributed by atoms with Crippen molar-refractivity contribution in [1.82, 2.24) is 19.8 Å². The molecule has 2 aromatic carbocycles. The predicted molar refractivity (Wildman–Crippen MR) is 131 cm³/mol. The van der Waals surface area contributed by atoms with E-state index in [1.165, 1.54) is 17.3 Å². The Balaban J connectivity index is 1.40. The first-order chi connectivity index (χ1) is 16.0. The summed E-state index contributed by atoms with van der Waals surface area (Å²) in [5.41, 5.74) is 2.91. The van der Waals surface area contributed by atoms with Crippen LogP contribution in [0.4, 0.5) is 0 Å². The molecule has 1 aliphatic heterocycles. The van der Waals surface area contributed by atoms with Crippen molar-refractivity contribution in [3.8, 4) is 0 Å². The van der Waals surface area contributed by atoms with Gasteiger partial charge in [-0.3, -0.25) is 19.1 Å². The maximum Gasteiger partial charge on any atom is 0.262 e. The lowest BCUT2D eigenvalue weighted by atomic mass is 10.1. The number of amides is 1. The highest BCUT2D eigenvalue weighted by Crippen LogP contribution is 2.21. The van der Waals surface area contributed by atoms with Gasteiger partial charge in [-0.1, -0.05) is 48.2 Å². The molecule has 33 heavy (non-hydrogen) atoms. The molecule has 7 nitrogen and oxygen atoms in total. The second kappa shape index (κ2) is 11.0. The number of nitrogens with one attached hydrogen (secondary N) is 1. The van der Waals surface area contributed by atoms with Gasteiger partial charge in [0.05, 0.1) is 29.9 Å². The van der Waals surface area contributed by atoms with Crippen LogP contribution in [-0.4, -0.2) is 52.4 Å². The number of nitrogens with zero attached hydrogens (tertiary/aromatic N) is 3. The molecular weight excluding hydrogens is 436 g/mol. The van der Waals surface area contributed by atoms with Crippen LogP contribution in [0.25, 0.3) is 10.9 Å². The third-order valence-corrected chi connectivity index (χ3v) is 6.67. The molecule has 4 rings (SSSR count). The van der Waals surface area contributed by atoms with Gasteiger partial charge < -0.3 is 10.1 Å². The molecular formula is C25H30N4O3S. The van der Waals surface area contributed by atoms with E-state index in [2.05, 4.69) is 27.3 Å². The van der Waals surface area contributed by atoms with Crippen molar-refractivity contribution in [2.24, 2.45) is 0 Å². The molecule has 0 saturated carbocycles. The normalized spacial score (nSPS) is 14.6. The fourth-order valence-corrected chi connectivity index (χ4v) is 4.90. The minimum absolute atomic E-state index is 0.0489. The monoisotopic (exact) mass is 466 g/mol. The highest BCUT2D eigenvalue weighted by molar-refractivity contribution is 7.99. The van der Waals surface area contributed by atoms with E-state index in [4.69, 9.17) is 4.74 Å². The van der Waals surface area contributed by atoms with E-state index < -0.39 is 0 Å². The quantitative estimate of drug-likeness (QED) is 0.406. The van der Waals surface area contributed by atoms with Crippen LogP contribution >= 0.6 is 11.8 Å². The maximum atomic E-state index is 12.9. The number of hydrogen-bond donors (Lipinski definition) is 1. The number of morpholine rings is 1. The molecule has 8 heteroatoms. The van der Waals surface area contributed by atoms with Crippen molar-refractivity contribution in [2.75, 3.05) is 32.1 Å². The average molecular weight is 467 g/mol. The SMILES string of the molecule is CC(C)n1c(SCC(=O)NCc2ccccc2CN2CCOCC2)nc2ccccc2c1=O. The van der Waals surface area contributed by atoms with Gasteiger partial charge in [0.1, 0.15) is 0 Å². The maximum absolute atomic E-state index is 12.9. The van der Waals surface area contributed by atoms with Gasteiger partial charge >= 0.3 is 0 Å². The van der Waals surface area contributed by atoms with E-state index in [1.54, 1.807) is 10.6 Å². The molecule has 0 bridgehead atoms. The van der Waals surface area contributed by atoms with Crippen LogP contribution in [0.3, 0.4) is 0 Å². The zero-order valence-electron chi connectivity index (χ0n) is 19.1. The summed E-state index contributed by atoms with van der Waals surface area (Å²) in [5.74, 6) is 0.113. The van der Waals surface area contributed by atoms with E-state index >= 15 is 0 Å². The summed E-state index contributed by atoms with van der Waals surface area (Å²) in [6.45, 7) is 8.61. The highest BCUT2D eigenvalue weighted by Gasteiger charge is 2.16. The Labute approximate surface area is 198 Å². The molecule has 1 fully saturated rings. The number of ether oxygens (including phenoxy) is 1. The molecule has 2 heterocycles. The Morgan fingerprint density at radius 3 is 2.55 bits per heavy atom. The molecule has 0 spiro atoms. The molecule has 1 N–H and O–H groups in total. The molecule has 3 aromatic rings. The van der Waals surface area contributed by atoms with Crippen LogP contribution < -0.4 is 10.9 Å². The first-order valence-corrected chi connectivity index (χ1v) is 12.3. The minimum Gasteiger partial charge on any atom is -0.379 e. The lowest BCUT2D eigenvalue weighted by molar-refractivity contribution is -0.118. The fourth-order valence-electron chi connectivity index (χ4n) is 3.94. The number of rotatable bonds is 8. The van der Waals surface area contributed by atoms with Gasteiger partial charge in [-0.15, -0.1) is 0 Å². The van der Waals surface area contributed by atoms with Gasteiger partial charge in [-0.2, -0.15) is 0 Å². The molecule has 0 unspecified atom stereocenters. The molecule has 0 aliphatic carbocycles. The number of benzene rings is 2. The van der Waals surface area contributed by atoms with E-state index in [1.807, 2.05) is 44.2 Å². The van der Waals surface area contributed by atoms with Gasteiger partial charge in [0.15, 0.2) is 5.16 Å². The second-order valence-corrected chi connectivity index (χ2v) is 9.35. The Kier molecular flexibility index (Phi) is 7.80. The summed E-state index contributed by atoms with van der Waals surface area (Å²) in [4.78, 5) is 32.6. The smallest absolute Gasteiger partial charge is 0.262 e. The molecule has 1 aromatic heterocycles. The van der Waals surface area contributed by atoms with Crippen molar-refractivity contribution in [3.63, 3.8) is 0 Å². The van der Waals surface area contributed by atoms with E-state index in [0.717, 1.165) is 38.4 Å². The summed E-state index contributed by atoms with van der Waals surface area (Å²) in [7, 11) is 0. The molecule has 1 amide bonds. The van der Waals surface area contributed by atoms with E-state index in [-0.39, 0.29) is 23.3 Å². The highest BCUT2D eigenvalue weighted by atomic mass is 32.2. The summed E-state index contributed by atoms with van der Waals surface area (Å²) in [6.07, 6.45) is 0. The van der Waals surface area contributed by atoms with Gasteiger partial charge in [-0.25, -0.2) is 4.98 Å². The number of aromatic nitrogens is 2. The van der Waals surface area contributed by atoms with Crippen LogP contribution in [0.15, 0.2) is 58.5 Å². The topological polar surface area (TPSA) is 76.5 Å². The van der Waals surface area contributed by atoms with Crippen LogP contribution in [0.1, 0.15) is 31.0 Å². The molecule has 1 saturated heterocycles. The Hall–Kier alpha value is -2.68.